The monoisotopic (exact) mass is 783 g/mol. The van der Waals surface area contributed by atoms with Gasteiger partial charge in [0.2, 0.25) is 0 Å². The number of rotatable bonds is 41. The quantitative estimate of drug-likeness (QED) is 0.0266. The first-order valence-corrected chi connectivity index (χ1v) is 23.3. The van der Waals surface area contributed by atoms with Crippen LogP contribution in [0.5, 0.6) is 0 Å². The summed E-state index contributed by atoms with van der Waals surface area (Å²) in [5.41, 5.74) is 0. The van der Waals surface area contributed by atoms with Gasteiger partial charge in [-0.25, -0.2) is 0 Å². The van der Waals surface area contributed by atoms with E-state index < -0.39 is 6.10 Å². The highest BCUT2D eigenvalue weighted by atomic mass is 16.6. The molecule has 0 spiro atoms. The Morgan fingerprint density at radius 1 is 0.375 bits per heavy atom. The number of unbranched alkanes of at least 4 members (excludes halogenated alkanes) is 20. The van der Waals surface area contributed by atoms with Crippen LogP contribution in [0.2, 0.25) is 0 Å². The molecule has 0 aliphatic carbocycles. The Bertz CT molecular complexity index is 1040. The van der Waals surface area contributed by atoms with Gasteiger partial charge in [0, 0.05) is 19.3 Å². The van der Waals surface area contributed by atoms with Crippen LogP contribution in [0.25, 0.3) is 0 Å². The normalized spacial score (nSPS) is 12.6. The lowest BCUT2D eigenvalue weighted by Crippen LogP contribution is -2.30. The third-order valence-corrected chi connectivity index (χ3v) is 9.79. The summed E-state index contributed by atoms with van der Waals surface area (Å²) in [5, 5.41) is 0. The van der Waals surface area contributed by atoms with E-state index in [1.54, 1.807) is 0 Å². The summed E-state index contributed by atoms with van der Waals surface area (Å²) in [5.74, 6) is -0.906. The van der Waals surface area contributed by atoms with Gasteiger partial charge in [0.1, 0.15) is 13.2 Å². The summed E-state index contributed by atoms with van der Waals surface area (Å²) in [7, 11) is 0. The van der Waals surface area contributed by atoms with Crippen molar-refractivity contribution in [1.29, 1.82) is 0 Å². The maximum atomic E-state index is 12.6. The Labute approximate surface area is 345 Å². The summed E-state index contributed by atoms with van der Waals surface area (Å²) in [4.78, 5) is 37.4. The second-order valence-corrected chi connectivity index (χ2v) is 15.3. The van der Waals surface area contributed by atoms with Gasteiger partial charge >= 0.3 is 17.9 Å². The molecule has 322 valence electrons. The van der Waals surface area contributed by atoms with Crippen molar-refractivity contribution in [3.05, 3.63) is 60.8 Å². The largest absolute Gasteiger partial charge is 0.462 e. The molecule has 1 atom stereocenters. The molecule has 0 aliphatic heterocycles. The molecule has 0 aromatic rings. The molecule has 0 N–H and O–H groups in total. The molecule has 0 aromatic heterocycles. The number of esters is 3. The first-order valence-electron chi connectivity index (χ1n) is 23.3. The molecule has 0 saturated carbocycles. The Morgan fingerprint density at radius 2 is 0.696 bits per heavy atom. The van der Waals surface area contributed by atoms with E-state index in [-0.39, 0.29) is 31.1 Å². The fourth-order valence-corrected chi connectivity index (χ4v) is 6.29. The zero-order valence-corrected chi connectivity index (χ0v) is 36.6. The molecular weight excluding hydrogens is 697 g/mol. The number of carbonyl (C=O) groups is 3. The molecule has 0 heterocycles. The number of carbonyl (C=O) groups excluding carboxylic acids is 3. The molecule has 0 aliphatic rings. The average Bonchev–Trinajstić information content (AvgIpc) is 3.19. The van der Waals surface area contributed by atoms with Crippen LogP contribution in [-0.2, 0) is 28.6 Å². The van der Waals surface area contributed by atoms with Gasteiger partial charge in [-0.05, 0) is 64.2 Å². The molecule has 0 fully saturated rings. The second kappa shape index (κ2) is 44.8. The van der Waals surface area contributed by atoms with E-state index in [1.165, 1.54) is 77.0 Å². The third-order valence-electron chi connectivity index (χ3n) is 9.79. The van der Waals surface area contributed by atoms with E-state index >= 15 is 0 Å². The average molecular weight is 783 g/mol. The standard InChI is InChI=1S/C50H86O6/c1-4-7-10-13-15-17-19-20-21-22-23-24-25-26-27-28-29-30-31-33-34-37-40-43-49(52)55-46-47(45-54-48(51)42-39-36-12-9-6-3)56-50(53)44-41-38-35-32-18-16-14-11-8-5-2/h7,10,15,17,20-21,23-24,26-27,47H,4-6,8-9,11-14,16,18-19,22,25,28-46H2,1-3H3/b10-7-,17-15-,21-20-,24-23-,27-26-. The maximum Gasteiger partial charge on any atom is 0.306 e. The lowest BCUT2D eigenvalue weighted by Gasteiger charge is -2.18. The van der Waals surface area contributed by atoms with Crippen LogP contribution in [0.15, 0.2) is 60.8 Å². The fourth-order valence-electron chi connectivity index (χ4n) is 6.29. The van der Waals surface area contributed by atoms with Crippen molar-refractivity contribution in [2.24, 2.45) is 0 Å². The molecule has 0 bridgehead atoms. The van der Waals surface area contributed by atoms with E-state index in [4.69, 9.17) is 14.2 Å². The van der Waals surface area contributed by atoms with Crippen molar-refractivity contribution in [3.63, 3.8) is 0 Å². The minimum absolute atomic E-state index is 0.0775. The summed E-state index contributed by atoms with van der Waals surface area (Å²) in [6, 6.07) is 0. The SMILES string of the molecule is CC/C=C\C/C=C\C/C=C\C/C=C\C/C=C\CCCCCCCCCC(=O)OCC(COC(=O)CCCCCCC)OC(=O)CCCCCCCCCCCC. The van der Waals surface area contributed by atoms with Gasteiger partial charge in [0.15, 0.2) is 6.10 Å². The van der Waals surface area contributed by atoms with Gasteiger partial charge in [-0.3, -0.25) is 14.4 Å². The van der Waals surface area contributed by atoms with E-state index in [2.05, 4.69) is 81.5 Å². The lowest BCUT2D eigenvalue weighted by atomic mass is 10.1. The predicted octanol–water partition coefficient (Wildman–Crippen LogP) is 14.9. The molecular formula is C50H86O6. The Kier molecular flexibility index (Phi) is 42.5. The molecule has 6 nitrogen and oxygen atoms in total. The highest BCUT2D eigenvalue weighted by Gasteiger charge is 2.19. The van der Waals surface area contributed by atoms with Gasteiger partial charge in [0.25, 0.3) is 0 Å². The van der Waals surface area contributed by atoms with Crippen molar-refractivity contribution in [2.75, 3.05) is 13.2 Å². The molecule has 0 rings (SSSR count). The topological polar surface area (TPSA) is 78.9 Å². The summed E-state index contributed by atoms with van der Waals surface area (Å²) < 4.78 is 16.6. The Balaban J connectivity index is 4.14. The van der Waals surface area contributed by atoms with E-state index in [9.17, 15) is 14.4 Å². The summed E-state index contributed by atoms with van der Waals surface area (Å²) in [6.45, 7) is 6.41. The summed E-state index contributed by atoms with van der Waals surface area (Å²) >= 11 is 0. The summed E-state index contributed by atoms with van der Waals surface area (Å²) in [6.07, 6.45) is 53.8. The van der Waals surface area contributed by atoms with E-state index in [0.29, 0.717) is 19.3 Å². The first kappa shape index (κ1) is 53.1. The molecule has 0 aromatic carbocycles. The number of ether oxygens (including phenoxy) is 3. The zero-order valence-electron chi connectivity index (χ0n) is 36.6. The van der Waals surface area contributed by atoms with Crippen LogP contribution >= 0.6 is 0 Å². The number of allylic oxidation sites excluding steroid dienone is 10. The van der Waals surface area contributed by atoms with Gasteiger partial charge in [-0.2, -0.15) is 0 Å². The van der Waals surface area contributed by atoms with Crippen LogP contribution in [-0.4, -0.2) is 37.2 Å². The Morgan fingerprint density at radius 3 is 1.09 bits per heavy atom. The van der Waals surface area contributed by atoms with Crippen molar-refractivity contribution in [3.8, 4) is 0 Å². The zero-order chi connectivity index (χ0) is 40.8. The van der Waals surface area contributed by atoms with E-state index in [0.717, 1.165) is 103 Å². The highest BCUT2D eigenvalue weighted by molar-refractivity contribution is 5.71. The Hall–Kier alpha value is -2.89. The first-order chi connectivity index (χ1) is 27.5. The van der Waals surface area contributed by atoms with Crippen LogP contribution < -0.4 is 0 Å². The van der Waals surface area contributed by atoms with Crippen molar-refractivity contribution in [1.82, 2.24) is 0 Å². The fraction of sp³-hybridized carbons (Fsp3) is 0.740. The predicted molar refractivity (Wildman–Crippen MR) is 238 cm³/mol. The lowest BCUT2D eigenvalue weighted by molar-refractivity contribution is -0.167. The molecule has 6 heteroatoms. The second-order valence-electron chi connectivity index (χ2n) is 15.3. The number of hydrogen-bond acceptors (Lipinski definition) is 6. The molecule has 0 amide bonds. The van der Waals surface area contributed by atoms with Crippen molar-refractivity contribution >= 4 is 17.9 Å². The minimum Gasteiger partial charge on any atom is -0.462 e. The van der Waals surface area contributed by atoms with Gasteiger partial charge in [-0.15, -0.1) is 0 Å². The van der Waals surface area contributed by atoms with Crippen LogP contribution in [0.3, 0.4) is 0 Å². The van der Waals surface area contributed by atoms with E-state index in [1.807, 2.05) is 0 Å². The molecule has 1 unspecified atom stereocenters. The van der Waals surface area contributed by atoms with Gasteiger partial charge in [-0.1, -0.05) is 197 Å². The van der Waals surface area contributed by atoms with Crippen molar-refractivity contribution < 1.29 is 28.6 Å². The molecule has 56 heavy (non-hydrogen) atoms. The van der Waals surface area contributed by atoms with Crippen LogP contribution in [0, 0.1) is 0 Å². The minimum atomic E-state index is -0.770. The molecule has 0 saturated heterocycles. The van der Waals surface area contributed by atoms with Crippen LogP contribution in [0.1, 0.15) is 220 Å². The highest BCUT2D eigenvalue weighted by Crippen LogP contribution is 2.14. The number of hydrogen-bond donors (Lipinski definition) is 0. The maximum absolute atomic E-state index is 12.6. The smallest absolute Gasteiger partial charge is 0.306 e. The van der Waals surface area contributed by atoms with Gasteiger partial charge < -0.3 is 14.2 Å². The molecule has 0 radical (unpaired) electrons. The van der Waals surface area contributed by atoms with Gasteiger partial charge in [0.05, 0.1) is 0 Å². The van der Waals surface area contributed by atoms with Crippen molar-refractivity contribution in [2.45, 2.75) is 226 Å². The van der Waals surface area contributed by atoms with Crippen LogP contribution in [0.4, 0.5) is 0 Å². The third kappa shape index (κ3) is 42.3.